The molecule has 1 atom stereocenters. The van der Waals surface area contributed by atoms with Crippen molar-refractivity contribution in [3.63, 3.8) is 0 Å². The Morgan fingerprint density at radius 3 is 3.08 bits per heavy atom. The maximum Gasteiger partial charge on any atom is 0.0795 e. The molecule has 0 aliphatic rings. The molecule has 3 nitrogen and oxygen atoms in total. The lowest BCUT2D eigenvalue weighted by atomic mass is 10.0. The van der Waals surface area contributed by atoms with E-state index < -0.39 is 0 Å². The van der Waals surface area contributed by atoms with Gasteiger partial charge in [0, 0.05) is 5.38 Å². The summed E-state index contributed by atoms with van der Waals surface area (Å²) in [5, 5.41) is 2.01. The zero-order chi connectivity index (χ0) is 9.68. The highest BCUT2D eigenvalue weighted by Gasteiger charge is 2.11. The van der Waals surface area contributed by atoms with Crippen molar-refractivity contribution in [1.82, 2.24) is 10.4 Å². The zero-order valence-corrected chi connectivity index (χ0v) is 8.60. The van der Waals surface area contributed by atoms with E-state index in [4.69, 9.17) is 5.84 Å². The first-order chi connectivity index (χ1) is 6.27. The molecule has 3 N–H and O–H groups in total. The number of hydrazine groups is 1. The van der Waals surface area contributed by atoms with Gasteiger partial charge in [-0.1, -0.05) is 19.1 Å². The number of hydrogen-bond acceptors (Lipinski definition) is 4. The van der Waals surface area contributed by atoms with Crippen molar-refractivity contribution >= 4 is 11.3 Å². The standard InChI is InChI=1S/C9H15N3S/c1-3-7(2)4-8(12-10)9-5-13-6-11-9/h5-6,8,12H,2-4,10H2,1H3. The lowest BCUT2D eigenvalue weighted by Crippen LogP contribution is -2.28. The number of hydrogen-bond donors (Lipinski definition) is 2. The van der Waals surface area contributed by atoms with E-state index in [0.29, 0.717) is 0 Å². The predicted octanol–water partition coefficient (Wildman–Crippen LogP) is 2.00. The van der Waals surface area contributed by atoms with Crippen molar-refractivity contribution < 1.29 is 0 Å². The summed E-state index contributed by atoms with van der Waals surface area (Å²) in [6.07, 6.45) is 1.85. The van der Waals surface area contributed by atoms with Crippen molar-refractivity contribution in [3.05, 3.63) is 28.7 Å². The van der Waals surface area contributed by atoms with Crippen LogP contribution in [0.1, 0.15) is 31.5 Å². The van der Waals surface area contributed by atoms with E-state index in [-0.39, 0.29) is 6.04 Å². The third-order valence-corrected chi connectivity index (χ3v) is 2.61. The first-order valence-corrected chi connectivity index (χ1v) is 5.23. The number of nitrogens with zero attached hydrogens (tertiary/aromatic N) is 1. The van der Waals surface area contributed by atoms with Crippen LogP contribution in [0.25, 0.3) is 0 Å². The summed E-state index contributed by atoms with van der Waals surface area (Å²) in [5.41, 5.74) is 6.76. The summed E-state index contributed by atoms with van der Waals surface area (Å²) in [6.45, 7) is 6.05. The summed E-state index contributed by atoms with van der Waals surface area (Å²) >= 11 is 1.58. The Morgan fingerprint density at radius 2 is 2.62 bits per heavy atom. The molecule has 0 aliphatic carbocycles. The van der Waals surface area contributed by atoms with Crippen LogP contribution >= 0.6 is 11.3 Å². The van der Waals surface area contributed by atoms with Crippen LogP contribution in [0.4, 0.5) is 0 Å². The summed E-state index contributed by atoms with van der Waals surface area (Å²) in [5.74, 6) is 5.44. The Kier molecular flexibility index (Phi) is 4.08. The third kappa shape index (κ3) is 2.91. The van der Waals surface area contributed by atoms with Gasteiger partial charge >= 0.3 is 0 Å². The van der Waals surface area contributed by atoms with E-state index in [1.807, 2.05) is 10.9 Å². The minimum absolute atomic E-state index is 0.110. The molecule has 0 aliphatic heterocycles. The molecule has 13 heavy (non-hydrogen) atoms. The van der Waals surface area contributed by atoms with Crippen LogP contribution in [0.3, 0.4) is 0 Å². The van der Waals surface area contributed by atoms with Crippen LogP contribution in [-0.2, 0) is 0 Å². The van der Waals surface area contributed by atoms with Crippen molar-refractivity contribution in [3.8, 4) is 0 Å². The van der Waals surface area contributed by atoms with E-state index in [1.54, 1.807) is 11.3 Å². The van der Waals surface area contributed by atoms with E-state index in [1.165, 1.54) is 5.57 Å². The molecule has 72 valence electrons. The quantitative estimate of drug-likeness (QED) is 0.431. The fourth-order valence-electron chi connectivity index (χ4n) is 1.08. The van der Waals surface area contributed by atoms with Gasteiger partial charge in [-0.05, 0) is 12.8 Å². The molecule has 0 aromatic carbocycles. The molecular weight excluding hydrogens is 182 g/mol. The van der Waals surface area contributed by atoms with Crippen molar-refractivity contribution in [2.24, 2.45) is 5.84 Å². The van der Waals surface area contributed by atoms with Gasteiger partial charge in [0.15, 0.2) is 0 Å². The Labute approximate surface area is 82.7 Å². The molecule has 0 bridgehead atoms. The largest absolute Gasteiger partial charge is 0.271 e. The van der Waals surface area contributed by atoms with Crippen LogP contribution in [0.5, 0.6) is 0 Å². The molecule has 1 aromatic heterocycles. The number of nitrogens with one attached hydrogen (secondary N) is 1. The maximum absolute atomic E-state index is 5.44. The molecule has 0 spiro atoms. The number of thiazole rings is 1. The lowest BCUT2D eigenvalue weighted by Gasteiger charge is -2.13. The number of nitrogens with two attached hydrogens (primary N) is 1. The van der Waals surface area contributed by atoms with Crippen molar-refractivity contribution in [2.45, 2.75) is 25.8 Å². The fraction of sp³-hybridized carbons (Fsp3) is 0.444. The smallest absolute Gasteiger partial charge is 0.0795 e. The molecule has 1 rings (SSSR count). The van der Waals surface area contributed by atoms with Crippen LogP contribution in [0, 0.1) is 0 Å². The van der Waals surface area contributed by atoms with Gasteiger partial charge in [0.1, 0.15) is 0 Å². The molecule has 0 amide bonds. The summed E-state index contributed by atoms with van der Waals surface area (Å²) in [4.78, 5) is 4.21. The minimum atomic E-state index is 0.110. The Morgan fingerprint density at radius 1 is 1.85 bits per heavy atom. The van der Waals surface area contributed by atoms with Gasteiger partial charge in [-0.25, -0.2) is 4.98 Å². The molecule has 0 radical (unpaired) electrons. The van der Waals surface area contributed by atoms with Gasteiger partial charge in [-0.3, -0.25) is 11.3 Å². The monoisotopic (exact) mass is 197 g/mol. The molecule has 4 heteroatoms. The van der Waals surface area contributed by atoms with Gasteiger partial charge in [0.25, 0.3) is 0 Å². The summed E-state index contributed by atoms with van der Waals surface area (Å²) in [7, 11) is 0. The van der Waals surface area contributed by atoms with Crippen molar-refractivity contribution in [1.29, 1.82) is 0 Å². The normalized spacial score (nSPS) is 12.8. The molecule has 0 saturated carbocycles. The molecule has 1 heterocycles. The highest BCUT2D eigenvalue weighted by atomic mass is 32.1. The second-order valence-electron chi connectivity index (χ2n) is 2.94. The van der Waals surface area contributed by atoms with Gasteiger partial charge < -0.3 is 0 Å². The van der Waals surface area contributed by atoms with Gasteiger partial charge in [-0.15, -0.1) is 11.3 Å². The van der Waals surface area contributed by atoms with Crippen LogP contribution in [0.15, 0.2) is 23.0 Å². The molecule has 1 unspecified atom stereocenters. The first kappa shape index (κ1) is 10.4. The average molecular weight is 197 g/mol. The zero-order valence-electron chi connectivity index (χ0n) is 7.79. The van der Waals surface area contributed by atoms with Gasteiger partial charge in [0.05, 0.1) is 17.2 Å². The van der Waals surface area contributed by atoms with Crippen molar-refractivity contribution in [2.75, 3.05) is 0 Å². The topological polar surface area (TPSA) is 50.9 Å². The predicted molar refractivity (Wildman–Crippen MR) is 56.2 cm³/mol. The van der Waals surface area contributed by atoms with Crippen LogP contribution < -0.4 is 11.3 Å². The average Bonchev–Trinajstić information content (AvgIpc) is 2.66. The number of rotatable bonds is 5. The van der Waals surface area contributed by atoms with Gasteiger partial charge in [0.2, 0.25) is 0 Å². The molecule has 0 saturated heterocycles. The molecule has 0 fully saturated rings. The maximum atomic E-state index is 5.44. The first-order valence-electron chi connectivity index (χ1n) is 4.28. The second kappa shape index (κ2) is 5.11. The lowest BCUT2D eigenvalue weighted by molar-refractivity contribution is 0.534. The fourth-order valence-corrected chi connectivity index (χ4v) is 1.68. The van der Waals surface area contributed by atoms with E-state index in [2.05, 4.69) is 23.9 Å². The highest BCUT2D eigenvalue weighted by Crippen LogP contribution is 2.20. The van der Waals surface area contributed by atoms with E-state index in [9.17, 15) is 0 Å². The third-order valence-electron chi connectivity index (χ3n) is 2.00. The SMILES string of the molecule is C=C(CC)CC(NN)c1cscn1. The summed E-state index contributed by atoms with van der Waals surface area (Å²) < 4.78 is 0. The highest BCUT2D eigenvalue weighted by molar-refractivity contribution is 7.07. The van der Waals surface area contributed by atoms with E-state index in [0.717, 1.165) is 18.5 Å². The van der Waals surface area contributed by atoms with Gasteiger partial charge in [-0.2, -0.15) is 0 Å². The summed E-state index contributed by atoms with van der Waals surface area (Å²) in [6, 6.07) is 0.110. The molecule has 1 aromatic rings. The molecular formula is C9H15N3S. The minimum Gasteiger partial charge on any atom is -0.271 e. The number of aromatic nitrogens is 1. The Hall–Kier alpha value is -0.710. The van der Waals surface area contributed by atoms with Crippen LogP contribution in [0.2, 0.25) is 0 Å². The van der Waals surface area contributed by atoms with Crippen LogP contribution in [-0.4, -0.2) is 4.98 Å². The second-order valence-corrected chi connectivity index (χ2v) is 3.66. The van der Waals surface area contributed by atoms with E-state index >= 15 is 0 Å². The Bertz CT molecular complexity index is 256. The Balaban J connectivity index is 2.58.